The fourth-order valence-electron chi connectivity index (χ4n) is 13.7. The molecule has 3 aliphatic heterocycles. The standard InChI is InChI=1S/C37H44O18/c1-14(2)24(42)52-28-35(46)27(50-16(4)39)29(5)12-34(35,45)30(6,19(29)18(40)25(43)47-8)36-22-20(41)32-13-33(32,37(28,36)55-31(7,53-22)54-36)23(49-15(3)38)26(44)51-21(32)17-9-10-48-11-17/h9-11,14,18-23,27-28,40-41,45-46H,12-13H2,1-8H3/t18-,19+,20+,21+,22-,23+,27+,28-,29+,30-,31?,32+,33-,34-,35+,36+,37+/m1/s1. The number of methoxy groups -OCH3 is 1. The molecule has 4 heterocycles. The summed E-state index contributed by atoms with van der Waals surface area (Å²) >= 11 is 0. The molecule has 9 rings (SSSR count). The number of rotatable bonds is 7. The number of aliphatic hydroxyl groups is 4. The van der Waals surface area contributed by atoms with Crippen LogP contribution in [0.25, 0.3) is 0 Å². The number of carbonyl (C=O) groups is 5. The number of hydrogen-bond acceptors (Lipinski definition) is 18. The van der Waals surface area contributed by atoms with E-state index in [4.69, 9.17) is 42.3 Å². The van der Waals surface area contributed by atoms with E-state index < -0.39 is 141 Å². The maximum absolute atomic E-state index is 14.5. The number of carbonyl (C=O) groups excluding carboxylic acids is 5. The summed E-state index contributed by atoms with van der Waals surface area (Å²) in [5, 5.41) is 52.4. The van der Waals surface area contributed by atoms with Crippen LogP contribution in [0.1, 0.15) is 73.0 Å². The van der Waals surface area contributed by atoms with Crippen LogP contribution in [0.3, 0.4) is 0 Å². The van der Waals surface area contributed by atoms with Crippen molar-refractivity contribution in [2.75, 3.05) is 7.11 Å². The molecule has 18 nitrogen and oxygen atoms in total. The Balaban J connectivity index is 1.45. The zero-order valence-corrected chi connectivity index (χ0v) is 31.3. The van der Waals surface area contributed by atoms with Crippen LogP contribution >= 0.6 is 0 Å². The molecular weight excluding hydrogens is 732 g/mol. The van der Waals surface area contributed by atoms with Crippen molar-refractivity contribution in [3.05, 3.63) is 24.2 Å². The third kappa shape index (κ3) is 3.39. The van der Waals surface area contributed by atoms with Gasteiger partial charge in [0.15, 0.2) is 23.4 Å². The minimum absolute atomic E-state index is 0.280. The van der Waals surface area contributed by atoms with E-state index in [1.165, 1.54) is 53.2 Å². The largest absolute Gasteiger partial charge is 0.472 e. The summed E-state index contributed by atoms with van der Waals surface area (Å²) in [6, 6.07) is 1.50. The molecule has 8 aliphatic rings. The van der Waals surface area contributed by atoms with Gasteiger partial charge in [-0.1, -0.05) is 27.7 Å². The van der Waals surface area contributed by atoms with Gasteiger partial charge in [-0.2, -0.15) is 0 Å². The predicted molar refractivity (Wildman–Crippen MR) is 172 cm³/mol. The van der Waals surface area contributed by atoms with E-state index in [2.05, 4.69) is 0 Å². The Morgan fingerprint density at radius 1 is 0.927 bits per heavy atom. The first-order valence-corrected chi connectivity index (χ1v) is 18.3. The van der Waals surface area contributed by atoms with Crippen LogP contribution in [0.4, 0.5) is 0 Å². The fourth-order valence-corrected chi connectivity index (χ4v) is 13.7. The highest BCUT2D eigenvalue weighted by atomic mass is 17.0. The Morgan fingerprint density at radius 3 is 2.16 bits per heavy atom. The SMILES string of the molecule is COC(=O)[C@H](O)[C@H]1[C@]2(C)C[C@]3(O)[C@@](O)([C@@H](OC(=O)C(C)C)[C@]45OC6(C)O[C@H]([C@H](O)[C@]78C[C@@]74[C@@H](OC(C)=O)C(=O)O[C@H]8c4ccoc4)[C@]5(O6)[C@]13C)[C@H]2OC(C)=O. The monoisotopic (exact) mass is 776 g/mol. The first kappa shape index (κ1) is 37.0. The molecule has 1 aromatic heterocycles. The molecule has 55 heavy (non-hydrogen) atoms. The van der Waals surface area contributed by atoms with Gasteiger partial charge in [0.05, 0.1) is 42.5 Å². The summed E-state index contributed by atoms with van der Waals surface area (Å²) in [5.41, 5.74) is -17.9. The molecule has 1 unspecified atom stereocenters. The first-order valence-electron chi connectivity index (χ1n) is 18.3. The Labute approximate surface area is 313 Å². The maximum Gasteiger partial charge on any atom is 0.348 e. The number of cyclic esters (lactones) is 1. The highest BCUT2D eigenvalue weighted by Gasteiger charge is 3.11. The number of esters is 5. The highest BCUT2D eigenvalue weighted by molar-refractivity contribution is 5.84. The lowest BCUT2D eigenvalue weighted by molar-refractivity contribution is -0.455. The third-order valence-electron chi connectivity index (χ3n) is 15.0. The van der Waals surface area contributed by atoms with E-state index in [-0.39, 0.29) is 12.0 Å². The van der Waals surface area contributed by atoms with Gasteiger partial charge in [0, 0.05) is 43.1 Å². The molecular formula is C37H44O18. The van der Waals surface area contributed by atoms with Crippen molar-refractivity contribution in [1.82, 2.24) is 0 Å². The molecule has 4 N–H and O–H groups in total. The molecule has 1 aromatic rings. The van der Waals surface area contributed by atoms with E-state index in [0.717, 1.165) is 21.0 Å². The Kier molecular flexibility index (Phi) is 6.89. The summed E-state index contributed by atoms with van der Waals surface area (Å²) in [4.78, 5) is 68.1. The smallest absolute Gasteiger partial charge is 0.348 e. The topological polar surface area (TPSA) is 253 Å². The van der Waals surface area contributed by atoms with Gasteiger partial charge in [0.2, 0.25) is 6.10 Å². The van der Waals surface area contributed by atoms with E-state index >= 15 is 0 Å². The van der Waals surface area contributed by atoms with Crippen molar-refractivity contribution in [3.63, 3.8) is 0 Å². The van der Waals surface area contributed by atoms with E-state index in [1.807, 2.05) is 0 Å². The summed E-state index contributed by atoms with van der Waals surface area (Å²) in [6.45, 7) is 9.38. The second-order valence-corrected chi connectivity index (χ2v) is 17.5. The summed E-state index contributed by atoms with van der Waals surface area (Å²) in [5.74, 6) is -9.72. The van der Waals surface area contributed by atoms with Crippen molar-refractivity contribution in [1.29, 1.82) is 0 Å². The van der Waals surface area contributed by atoms with Crippen LogP contribution in [0.15, 0.2) is 23.0 Å². The lowest BCUT2D eigenvalue weighted by Crippen LogP contribution is -2.97. The number of furan rings is 1. The number of ether oxygens (including phenoxy) is 8. The third-order valence-corrected chi connectivity index (χ3v) is 15.0. The normalized spacial score (nSPS) is 53.4. The van der Waals surface area contributed by atoms with Gasteiger partial charge in [-0.05, 0) is 18.9 Å². The lowest BCUT2D eigenvalue weighted by atomic mass is 9.33. The second kappa shape index (κ2) is 10.3. The minimum Gasteiger partial charge on any atom is -0.472 e. The highest BCUT2D eigenvalue weighted by Crippen LogP contribution is 2.95. The van der Waals surface area contributed by atoms with E-state index in [1.54, 1.807) is 0 Å². The van der Waals surface area contributed by atoms with Crippen molar-refractivity contribution in [2.24, 2.45) is 33.5 Å². The average molecular weight is 777 g/mol. The van der Waals surface area contributed by atoms with Crippen LogP contribution in [0.5, 0.6) is 0 Å². The van der Waals surface area contributed by atoms with Crippen LogP contribution in [-0.4, -0.2) is 122 Å². The maximum atomic E-state index is 14.5. The van der Waals surface area contributed by atoms with Crippen molar-refractivity contribution >= 4 is 29.8 Å². The molecule has 4 bridgehead atoms. The van der Waals surface area contributed by atoms with Crippen molar-refractivity contribution in [3.8, 4) is 0 Å². The van der Waals surface area contributed by atoms with Gasteiger partial charge in [0.25, 0.3) is 5.97 Å². The van der Waals surface area contributed by atoms with Gasteiger partial charge < -0.3 is 62.7 Å². The average Bonchev–Trinajstić information content (AvgIpc) is 3.45. The lowest BCUT2D eigenvalue weighted by Gasteiger charge is -2.76. The first-order chi connectivity index (χ1) is 25.5. The number of hydrogen-bond donors (Lipinski definition) is 4. The minimum atomic E-state index is -2.89. The quantitative estimate of drug-likeness (QED) is 0.205. The van der Waals surface area contributed by atoms with E-state index in [0.29, 0.717) is 0 Å². The number of fused-ring (bicyclic) bond motifs is 2. The van der Waals surface area contributed by atoms with Gasteiger partial charge in [0.1, 0.15) is 29.5 Å². The van der Waals surface area contributed by atoms with Crippen LogP contribution in [-0.2, 0) is 61.9 Å². The van der Waals surface area contributed by atoms with Crippen LogP contribution < -0.4 is 0 Å². The molecule has 0 radical (unpaired) electrons. The molecule has 300 valence electrons. The van der Waals surface area contributed by atoms with Gasteiger partial charge in [-0.15, -0.1) is 0 Å². The Bertz CT molecular complexity index is 1950. The van der Waals surface area contributed by atoms with Crippen LogP contribution in [0, 0.1) is 33.5 Å². The summed E-state index contributed by atoms with van der Waals surface area (Å²) in [7, 11) is 1.04. The van der Waals surface area contributed by atoms with E-state index in [9.17, 15) is 44.4 Å². The summed E-state index contributed by atoms with van der Waals surface area (Å²) < 4.78 is 54.9. The fraction of sp³-hybridized carbons (Fsp3) is 0.757. The molecule has 18 heteroatoms. The molecule has 1 spiro atoms. The van der Waals surface area contributed by atoms with Gasteiger partial charge >= 0.3 is 29.8 Å². The molecule has 8 fully saturated rings. The molecule has 17 atom stereocenters. The number of aliphatic hydroxyl groups excluding tert-OH is 2. The predicted octanol–water partition coefficient (Wildman–Crippen LogP) is -0.288. The van der Waals surface area contributed by atoms with Crippen LogP contribution in [0.2, 0.25) is 0 Å². The Hall–Kier alpha value is -3.65. The molecule has 0 amide bonds. The van der Waals surface area contributed by atoms with Crippen molar-refractivity contribution < 1.29 is 86.7 Å². The van der Waals surface area contributed by atoms with Gasteiger partial charge in [-0.3, -0.25) is 14.4 Å². The van der Waals surface area contributed by atoms with Gasteiger partial charge in [-0.25, -0.2) is 9.59 Å². The second-order valence-electron chi connectivity index (χ2n) is 17.5. The molecule has 5 aliphatic carbocycles. The Morgan fingerprint density at radius 2 is 1.58 bits per heavy atom. The zero-order chi connectivity index (χ0) is 40.1. The molecule has 0 aromatic carbocycles. The molecule has 5 saturated carbocycles. The zero-order valence-electron chi connectivity index (χ0n) is 31.3. The van der Waals surface area contributed by atoms with Crippen molar-refractivity contribution in [2.45, 2.75) is 132 Å². The molecule has 3 saturated heterocycles. The summed E-state index contributed by atoms with van der Waals surface area (Å²) in [6.07, 6.45) is -11.0.